The van der Waals surface area contributed by atoms with Gasteiger partial charge in [-0.2, -0.15) is 13.2 Å². The first kappa shape index (κ1) is 26.8. The Labute approximate surface area is 210 Å². The minimum atomic E-state index is -5.04. The van der Waals surface area contributed by atoms with E-state index in [1.54, 1.807) is 11.0 Å². The van der Waals surface area contributed by atoms with Crippen LogP contribution in [0.25, 0.3) is 11.3 Å². The van der Waals surface area contributed by atoms with Gasteiger partial charge in [-0.3, -0.25) is 19.1 Å². The minimum absolute atomic E-state index is 0.00722. The standard InChI is InChI=1S/C25H28F5N5O2/c1-13-10-34(11-14(2)33(13)3)19-8-18(26)21(15-5-4-6-32-9-15)22(27)23(19)35-12-16(24(31)37)17(7-20(35)36)25(28,29)30/h5,7-8,12-14,32H,4,6,9-11H2,1-3H3,(H2,31,37)/t13-,14+. The lowest BCUT2D eigenvalue weighted by Gasteiger charge is -2.44. The second-order valence-electron chi connectivity index (χ2n) is 9.55. The molecule has 0 aliphatic carbocycles. The first-order valence-electron chi connectivity index (χ1n) is 11.8. The van der Waals surface area contributed by atoms with E-state index in [9.17, 15) is 22.8 Å². The van der Waals surface area contributed by atoms with Gasteiger partial charge in [-0.05, 0) is 39.4 Å². The number of aromatic nitrogens is 1. The average molecular weight is 526 g/mol. The quantitative estimate of drug-likeness (QED) is 0.600. The van der Waals surface area contributed by atoms with E-state index in [-0.39, 0.29) is 35.9 Å². The Bertz CT molecular complexity index is 1310. The van der Waals surface area contributed by atoms with Gasteiger partial charge >= 0.3 is 6.18 Å². The highest BCUT2D eigenvalue weighted by molar-refractivity contribution is 5.94. The molecule has 2 aliphatic rings. The number of alkyl halides is 3. The molecule has 2 atom stereocenters. The topological polar surface area (TPSA) is 83.6 Å². The number of nitrogens with two attached hydrogens (primary N) is 1. The maximum Gasteiger partial charge on any atom is 0.417 e. The van der Waals surface area contributed by atoms with Gasteiger partial charge in [-0.15, -0.1) is 0 Å². The van der Waals surface area contributed by atoms with E-state index in [0.29, 0.717) is 42.4 Å². The van der Waals surface area contributed by atoms with E-state index in [1.165, 1.54) is 0 Å². The zero-order valence-electron chi connectivity index (χ0n) is 20.6. The first-order chi connectivity index (χ1) is 17.3. The Morgan fingerprint density at radius 1 is 1.14 bits per heavy atom. The van der Waals surface area contributed by atoms with Gasteiger partial charge in [0.1, 0.15) is 11.5 Å². The maximum atomic E-state index is 16.3. The predicted molar refractivity (Wildman–Crippen MR) is 130 cm³/mol. The van der Waals surface area contributed by atoms with Crippen LogP contribution in [0.2, 0.25) is 0 Å². The van der Waals surface area contributed by atoms with Crippen LogP contribution in [-0.4, -0.2) is 60.7 Å². The number of pyridine rings is 1. The van der Waals surface area contributed by atoms with E-state index in [1.807, 2.05) is 20.9 Å². The van der Waals surface area contributed by atoms with Crippen LogP contribution >= 0.6 is 0 Å². The summed E-state index contributed by atoms with van der Waals surface area (Å²) in [7, 11) is 1.92. The number of likely N-dealkylation sites (N-methyl/N-ethyl adjacent to an activating group) is 1. The summed E-state index contributed by atoms with van der Waals surface area (Å²) in [4.78, 5) is 28.7. The molecule has 0 unspecified atom stereocenters. The van der Waals surface area contributed by atoms with Crippen LogP contribution in [0.3, 0.4) is 0 Å². The fraction of sp³-hybridized carbons (Fsp3) is 0.440. The first-order valence-corrected chi connectivity index (χ1v) is 11.8. The Morgan fingerprint density at radius 2 is 1.78 bits per heavy atom. The summed E-state index contributed by atoms with van der Waals surface area (Å²) < 4.78 is 73.0. The van der Waals surface area contributed by atoms with Crippen molar-refractivity contribution in [3.05, 3.63) is 63.1 Å². The number of primary amides is 1. The highest BCUT2D eigenvalue weighted by Gasteiger charge is 2.37. The third-order valence-corrected chi connectivity index (χ3v) is 7.09. The molecule has 1 fully saturated rings. The molecule has 0 bridgehead atoms. The van der Waals surface area contributed by atoms with Gasteiger partial charge in [0.05, 0.1) is 22.4 Å². The molecule has 0 spiro atoms. The molecule has 0 saturated carbocycles. The van der Waals surface area contributed by atoms with Gasteiger partial charge in [0.2, 0.25) is 0 Å². The third kappa shape index (κ3) is 4.99. The fourth-order valence-corrected chi connectivity index (χ4v) is 4.93. The molecule has 37 heavy (non-hydrogen) atoms. The number of carbonyl (C=O) groups excluding carboxylic acids is 1. The molecule has 3 N–H and O–H groups in total. The molecule has 1 amide bonds. The second kappa shape index (κ2) is 9.90. The highest BCUT2D eigenvalue weighted by atomic mass is 19.4. The van der Waals surface area contributed by atoms with Crippen LogP contribution in [0.5, 0.6) is 0 Å². The zero-order chi connectivity index (χ0) is 27.2. The van der Waals surface area contributed by atoms with Crippen molar-refractivity contribution in [2.45, 2.75) is 38.5 Å². The van der Waals surface area contributed by atoms with Crippen LogP contribution < -0.4 is 21.5 Å². The summed E-state index contributed by atoms with van der Waals surface area (Å²) in [5.41, 5.74) is 0.952. The average Bonchev–Trinajstić information content (AvgIpc) is 2.82. The molecule has 4 rings (SSSR count). The van der Waals surface area contributed by atoms with Gasteiger partial charge in [0.25, 0.3) is 11.5 Å². The van der Waals surface area contributed by atoms with E-state index in [4.69, 9.17) is 5.73 Å². The number of anilines is 1. The summed E-state index contributed by atoms with van der Waals surface area (Å²) in [5, 5.41) is 3.03. The van der Waals surface area contributed by atoms with Crippen molar-refractivity contribution >= 4 is 17.2 Å². The molecule has 2 aromatic rings. The number of hydrogen-bond donors (Lipinski definition) is 2. The van der Waals surface area contributed by atoms with Crippen LogP contribution in [0.15, 0.2) is 29.2 Å². The van der Waals surface area contributed by atoms with E-state index in [2.05, 4.69) is 10.2 Å². The molecule has 1 aromatic carbocycles. The molecule has 1 saturated heterocycles. The van der Waals surface area contributed by atoms with Crippen molar-refractivity contribution in [1.29, 1.82) is 0 Å². The minimum Gasteiger partial charge on any atom is -0.367 e. The summed E-state index contributed by atoms with van der Waals surface area (Å²) >= 11 is 0. The number of benzene rings is 1. The Morgan fingerprint density at radius 3 is 2.32 bits per heavy atom. The molecular formula is C25H28F5N5O2. The number of rotatable bonds is 4. The third-order valence-electron chi connectivity index (χ3n) is 7.09. The highest BCUT2D eigenvalue weighted by Crippen LogP contribution is 2.37. The fourth-order valence-electron chi connectivity index (χ4n) is 4.93. The molecule has 1 aromatic heterocycles. The van der Waals surface area contributed by atoms with Crippen LogP contribution in [0.4, 0.5) is 27.6 Å². The van der Waals surface area contributed by atoms with Gasteiger partial charge in [0.15, 0.2) is 5.82 Å². The monoisotopic (exact) mass is 525 g/mol. The number of hydrogen-bond acceptors (Lipinski definition) is 5. The van der Waals surface area contributed by atoms with Crippen LogP contribution in [0.1, 0.15) is 41.8 Å². The summed E-state index contributed by atoms with van der Waals surface area (Å²) in [6.07, 6.45) is -2.26. The SMILES string of the molecule is C[C@@H]1CN(c2cc(F)c(C3=CCCNC3)c(F)c2-n2cc(C(N)=O)c(C(F)(F)F)cc2=O)C[C@H](C)N1C. The number of nitrogens with zero attached hydrogens (tertiary/aromatic N) is 3. The van der Waals surface area contributed by atoms with Crippen LogP contribution in [0, 0.1) is 11.6 Å². The second-order valence-corrected chi connectivity index (χ2v) is 9.55. The summed E-state index contributed by atoms with van der Waals surface area (Å²) in [5.74, 6) is -3.41. The van der Waals surface area contributed by atoms with Gasteiger partial charge in [-0.25, -0.2) is 8.78 Å². The number of carbonyl (C=O) groups is 1. The summed E-state index contributed by atoms with van der Waals surface area (Å²) in [6.45, 7) is 5.33. The number of halogens is 5. The molecule has 12 heteroatoms. The van der Waals surface area contributed by atoms with Crippen molar-refractivity contribution < 1.29 is 26.7 Å². The van der Waals surface area contributed by atoms with Crippen molar-refractivity contribution in [2.24, 2.45) is 5.73 Å². The van der Waals surface area contributed by atoms with Crippen molar-refractivity contribution in [1.82, 2.24) is 14.8 Å². The van der Waals surface area contributed by atoms with Crippen molar-refractivity contribution in [3.8, 4) is 5.69 Å². The Kier molecular flexibility index (Phi) is 7.17. The molecular weight excluding hydrogens is 497 g/mol. The largest absolute Gasteiger partial charge is 0.417 e. The normalized spacial score (nSPS) is 21.2. The molecule has 3 heterocycles. The van der Waals surface area contributed by atoms with Gasteiger partial charge in [0, 0.05) is 50.0 Å². The predicted octanol–water partition coefficient (Wildman–Crippen LogP) is 3.14. The van der Waals surface area contributed by atoms with E-state index in [0.717, 1.165) is 6.07 Å². The van der Waals surface area contributed by atoms with Crippen molar-refractivity contribution in [3.63, 3.8) is 0 Å². The van der Waals surface area contributed by atoms with Crippen LogP contribution in [-0.2, 0) is 6.18 Å². The van der Waals surface area contributed by atoms with Crippen molar-refractivity contribution in [2.75, 3.05) is 38.1 Å². The maximum absolute atomic E-state index is 16.3. The van der Waals surface area contributed by atoms with Gasteiger partial charge < -0.3 is 16.0 Å². The van der Waals surface area contributed by atoms with Gasteiger partial charge in [-0.1, -0.05) is 6.08 Å². The lowest BCUT2D eigenvalue weighted by Crippen LogP contribution is -2.55. The molecule has 7 nitrogen and oxygen atoms in total. The lowest BCUT2D eigenvalue weighted by molar-refractivity contribution is -0.138. The zero-order valence-corrected chi connectivity index (χ0v) is 20.6. The number of piperazine rings is 1. The molecule has 200 valence electrons. The number of nitrogens with one attached hydrogen (secondary N) is 1. The lowest BCUT2D eigenvalue weighted by atomic mass is 9.98. The molecule has 0 radical (unpaired) electrons. The Hall–Kier alpha value is -3.25. The molecule has 2 aliphatic heterocycles. The van der Waals surface area contributed by atoms with E-state index < -0.39 is 46.1 Å². The summed E-state index contributed by atoms with van der Waals surface area (Å²) in [6, 6.07) is 1.25. The van der Waals surface area contributed by atoms with E-state index >= 15 is 8.78 Å². The smallest absolute Gasteiger partial charge is 0.367 e. The number of amides is 1. The Balaban J connectivity index is 2.03.